The van der Waals surface area contributed by atoms with Crippen LogP contribution in [-0.2, 0) is 23.1 Å². The zero-order chi connectivity index (χ0) is 22.8. The number of sulfonamides is 1. The third-order valence-electron chi connectivity index (χ3n) is 5.78. The first-order valence-corrected chi connectivity index (χ1v) is 12.9. The van der Waals surface area contributed by atoms with Crippen molar-refractivity contribution in [2.75, 3.05) is 52.4 Å². The van der Waals surface area contributed by atoms with Crippen LogP contribution < -0.4 is 14.8 Å². The molecule has 8 heteroatoms. The standard InChI is InChI=1S/C24H36N4O3S/c1-3-27(4-2)16-17-31-23-10-8-21(9-11-23)19-26-32(29,30)24-7-5-6-22(18-24)20-28-14-12-25-13-15-28/h5-11,18,25-26H,3-4,12-17,19-20H2,1-2H3. The average Bonchev–Trinajstić information content (AvgIpc) is 2.82. The van der Waals surface area contributed by atoms with E-state index in [0.29, 0.717) is 11.5 Å². The fourth-order valence-corrected chi connectivity index (χ4v) is 4.82. The first-order chi connectivity index (χ1) is 15.5. The van der Waals surface area contributed by atoms with Gasteiger partial charge in [0.25, 0.3) is 0 Å². The van der Waals surface area contributed by atoms with Gasteiger partial charge in [-0.25, -0.2) is 13.1 Å². The Bertz CT molecular complexity index is 925. The Hall–Kier alpha value is -1.97. The van der Waals surface area contributed by atoms with Crippen molar-refractivity contribution in [1.82, 2.24) is 19.8 Å². The molecule has 32 heavy (non-hydrogen) atoms. The number of hydrogen-bond donors (Lipinski definition) is 2. The van der Waals surface area contributed by atoms with E-state index in [4.69, 9.17) is 4.74 Å². The Kier molecular flexibility index (Phi) is 9.50. The second-order valence-corrected chi connectivity index (χ2v) is 9.78. The predicted molar refractivity (Wildman–Crippen MR) is 128 cm³/mol. The predicted octanol–water partition coefficient (Wildman–Crippen LogP) is 2.29. The van der Waals surface area contributed by atoms with Crippen LogP contribution in [0.4, 0.5) is 0 Å². The lowest BCUT2D eigenvalue weighted by Crippen LogP contribution is -2.42. The van der Waals surface area contributed by atoms with E-state index in [2.05, 4.69) is 33.7 Å². The number of benzene rings is 2. The van der Waals surface area contributed by atoms with Gasteiger partial charge in [0.15, 0.2) is 0 Å². The third-order valence-corrected chi connectivity index (χ3v) is 7.18. The largest absolute Gasteiger partial charge is 0.492 e. The quantitative estimate of drug-likeness (QED) is 0.506. The van der Waals surface area contributed by atoms with Gasteiger partial charge < -0.3 is 15.0 Å². The lowest BCUT2D eigenvalue weighted by atomic mass is 10.2. The van der Waals surface area contributed by atoms with E-state index in [1.54, 1.807) is 12.1 Å². The number of ether oxygens (including phenoxy) is 1. The summed E-state index contributed by atoms with van der Waals surface area (Å²) in [6.07, 6.45) is 0. The number of nitrogens with one attached hydrogen (secondary N) is 2. The van der Waals surface area contributed by atoms with Crippen molar-refractivity contribution >= 4 is 10.0 Å². The Morgan fingerprint density at radius 1 is 1.03 bits per heavy atom. The van der Waals surface area contributed by atoms with Gasteiger partial charge in [-0.1, -0.05) is 38.1 Å². The van der Waals surface area contributed by atoms with E-state index >= 15 is 0 Å². The van der Waals surface area contributed by atoms with E-state index in [9.17, 15) is 8.42 Å². The molecule has 0 amide bonds. The summed E-state index contributed by atoms with van der Waals surface area (Å²) in [7, 11) is -3.58. The SMILES string of the molecule is CCN(CC)CCOc1ccc(CNS(=O)(=O)c2cccc(CN3CCNCC3)c2)cc1. The summed E-state index contributed by atoms with van der Waals surface area (Å²) in [5.41, 5.74) is 1.91. The Morgan fingerprint density at radius 3 is 2.44 bits per heavy atom. The number of piperazine rings is 1. The average molecular weight is 461 g/mol. The highest BCUT2D eigenvalue weighted by atomic mass is 32.2. The zero-order valence-electron chi connectivity index (χ0n) is 19.2. The molecular formula is C24H36N4O3S. The molecular weight excluding hydrogens is 424 g/mol. The molecule has 2 aromatic rings. The van der Waals surface area contributed by atoms with Crippen molar-refractivity contribution < 1.29 is 13.2 Å². The smallest absolute Gasteiger partial charge is 0.240 e. The second kappa shape index (κ2) is 12.3. The highest BCUT2D eigenvalue weighted by Crippen LogP contribution is 2.16. The highest BCUT2D eigenvalue weighted by molar-refractivity contribution is 7.89. The maximum Gasteiger partial charge on any atom is 0.240 e. The number of rotatable bonds is 12. The van der Waals surface area contributed by atoms with Crippen LogP contribution in [0.15, 0.2) is 53.4 Å². The van der Waals surface area contributed by atoms with Crippen molar-refractivity contribution in [3.8, 4) is 5.75 Å². The normalized spacial score (nSPS) is 15.2. The molecule has 0 aliphatic carbocycles. The molecule has 0 atom stereocenters. The van der Waals surface area contributed by atoms with Crippen LogP contribution in [-0.4, -0.2) is 70.6 Å². The minimum Gasteiger partial charge on any atom is -0.492 e. The molecule has 1 heterocycles. The molecule has 0 spiro atoms. The first kappa shape index (κ1) is 24.7. The summed E-state index contributed by atoms with van der Waals surface area (Å²) in [6, 6.07) is 14.8. The van der Waals surface area contributed by atoms with Crippen molar-refractivity contribution in [3.63, 3.8) is 0 Å². The van der Waals surface area contributed by atoms with E-state index in [1.807, 2.05) is 36.4 Å². The van der Waals surface area contributed by atoms with Crippen LogP contribution in [0.5, 0.6) is 5.75 Å². The summed E-state index contributed by atoms with van der Waals surface area (Å²) in [6.45, 7) is 12.7. The fraction of sp³-hybridized carbons (Fsp3) is 0.500. The van der Waals surface area contributed by atoms with Gasteiger partial charge in [0.05, 0.1) is 4.90 Å². The van der Waals surface area contributed by atoms with Gasteiger partial charge >= 0.3 is 0 Å². The molecule has 176 valence electrons. The van der Waals surface area contributed by atoms with Crippen LogP contribution in [0, 0.1) is 0 Å². The Labute approximate surface area is 192 Å². The maximum atomic E-state index is 12.8. The lowest BCUT2D eigenvalue weighted by molar-refractivity contribution is 0.223. The molecule has 7 nitrogen and oxygen atoms in total. The molecule has 0 saturated carbocycles. The maximum absolute atomic E-state index is 12.8. The van der Waals surface area contributed by atoms with E-state index in [1.165, 1.54) is 0 Å². The van der Waals surface area contributed by atoms with Crippen molar-refractivity contribution in [2.24, 2.45) is 0 Å². The van der Waals surface area contributed by atoms with Crippen LogP contribution in [0.1, 0.15) is 25.0 Å². The minimum absolute atomic E-state index is 0.240. The number of likely N-dealkylation sites (N-methyl/N-ethyl adjacent to an activating group) is 1. The summed E-state index contributed by atoms with van der Waals surface area (Å²) in [5, 5.41) is 3.33. The van der Waals surface area contributed by atoms with Crippen molar-refractivity contribution in [1.29, 1.82) is 0 Å². The van der Waals surface area contributed by atoms with E-state index < -0.39 is 10.0 Å². The van der Waals surface area contributed by atoms with Gasteiger partial charge in [0.2, 0.25) is 10.0 Å². The molecule has 2 N–H and O–H groups in total. The van der Waals surface area contributed by atoms with Gasteiger partial charge in [0, 0.05) is 45.8 Å². The summed E-state index contributed by atoms with van der Waals surface area (Å²) >= 11 is 0. The Morgan fingerprint density at radius 2 is 1.75 bits per heavy atom. The molecule has 0 aromatic heterocycles. The minimum atomic E-state index is -3.58. The lowest BCUT2D eigenvalue weighted by Gasteiger charge is -2.27. The van der Waals surface area contributed by atoms with Crippen LogP contribution in [0.2, 0.25) is 0 Å². The van der Waals surface area contributed by atoms with Gasteiger partial charge in [-0.2, -0.15) is 0 Å². The fourth-order valence-electron chi connectivity index (χ4n) is 3.74. The molecule has 3 rings (SSSR count). The molecule has 1 saturated heterocycles. The van der Waals surface area contributed by atoms with Crippen LogP contribution >= 0.6 is 0 Å². The molecule has 0 radical (unpaired) electrons. The molecule has 0 bridgehead atoms. The monoisotopic (exact) mass is 460 g/mol. The molecule has 0 unspecified atom stereocenters. The molecule has 1 aliphatic rings. The zero-order valence-corrected chi connectivity index (χ0v) is 20.0. The van der Waals surface area contributed by atoms with Crippen LogP contribution in [0.3, 0.4) is 0 Å². The van der Waals surface area contributed by atoms with E-state index in [0.717, 1.165) is 69.2 Å². The Balaban J connectivity index is 1.51. The summed E-state index contributed by atoms with van der Waals surface area (Å²) < 4.78 is 34.1. The van der Waals surface area contributed by atoms with Crippen molar-refractivity contribution in [3.05, 3.63) is 59.7 Å². The topological polar surface area (TPSA) is 73.9 Å². The molecule has 1 aliphatic heterocycles. The first-order valence-electron chi connectivity index (χ1n) is 11.5. The summed E-state index contributed by atoms with van der Waals surface area (Å²) in [5.74, 6) is 0.796. The summed E-state index contributed by atoms with van der Waals surface area (Å²) in [4.78, 5) is 4.95. The van der Waals surface area contributed by atoms with Gasteiger partial charge in [-0.3, -0.25) is 4.90 Å². The van der Waals surface area contributed by atoms with Gasteiger partial charge in [-0.05, 0) is 48.5 Å². The molecule has 1 fully saturated rings. The number of hydrogen-bond acceptors (Lipinski definition) is 6. The van der Waals surface area contributed by atoms with E-state index in [-0.39, 0.29) is 6.54 Å². The van der Waals surface area contributed by atoms with Crippen LogP contribution in [0.25, 0.3) is 0 Å². The highest BCUT2D eigenvalue weighted by Gasteiger charge is 2.16. The third kappa shape index (κ3) is 7.56. The molecule has 2 aromatic carbocycles. The van der Waals surface area contributed by atoms with Gasteiger partial charge in [0.1, 0.15) is 12.4 Å². The van der Waals surface area contributed by atoms with Gasteiger partial charge in [-0.15, -0.1) is 0 Å². The second-order valence-electron chi connectivity index (χ2n) is 8.02. The van der Waals surface area contributed by atoms with Crippen molar-refractivity contribution in [2.45, 2.75) is 31.8 Å². The number of nitrogens with zero attached hydrogens (tertiary/aromatic N) is 2.